The van der Waals surface area contributed by atoms with Crippen molar-refractivity contribution in [3.8, 4) is 17.4 Å². The summed E-state index contributed by atoms with van der Waals surface area (Å²) in [4.78, 5) is 3.88. The minimum Gasteiger partial charge on any atom is -0.497 e. The van der Waals surface area contributed by atoms with E-state index >= 15 is 0 Å². The second kappa shape index (κ2) is 6.31. The summed E-state index contributed by atoms with van der Waals surface area (Å²) in [6.45, 7) is 7.99. The number of halogens is 1. The molecule has 25 heavy (non-hydrogen) atoms. The quantitative estimate of drug-likeness (QED) is 0.796. The molecule has 0 atom stereocenters. The number of hydrogen-bond acceptors (Lipinski definition) is 5. The van der Waals surface area contributed by atoms with Gasteiger partial charge in [0.15, 0.2) is 0 Å². The molecule has 1 aliphatic heterocycles. The van der Waals surface area contributed by atoms with Crippen molar-refractivity contribution in [3.63, 3.8) is 0 Å². The number of aromatic nitrogens is 1. The molecule has 3 rings (SSSR count). The van der Waals surface area contributed by atoms with Crippen LogP contribution in [0.1, 0.15) is 27.7 Å². The number of ether oxygens (including phenoxy) is 2. The van der Waals surface area contributed by atoms with Crippen molar-refractivity contribution in [1.29, 1.82) is 0 Å². The molecule has 0 unspecified atom stereocenters. The Balaban J connectivity index is 1.84. The fourth-order valence-corrected chi connectivity index (χ4v) is 2.46. The average Bonchev–Trinajstić information content (AvgIpc) is 2.77. The monoisotopic (exact) mass is 345 g/mol. The Morgan fingerprint density at radius 3 is 2.28 bits per heavy atom. The van der Waals surface area contributed by atoms with Gasteiger partial charge in [0.25, 0.3) is 0 Å². The summed E-state index contributed by atoms with van der Waals surface area (Å²) >= 11 is 0. The Kier molecular flexibility index (Phi) is 4.47. The Morgan fingerprint density at radius 2 is 1.72 bits per heavy atom. The van der Waals surface area contributed by atoms with E-state index in [0.717, 1.165) is 11.7 Å². The third kappa shape index (κ3) is 3.48. The lowest BCUT2D eigenvalue weighted by Gasteiger charge is -2.32. The van der Waals surface area contributed by atoms with Crippen molar-refractivity contribution in [1.82, 2.24) is 4.98 Å². The first-order valence-electron chi connectivity index (χ1n) is 8.05. The highest BCUT2D eigenvalue weighted by Gasteiger charge is 2.52. The number of pyridine rings is 1. The molecule has 1 fully saturated rings. The van der Waals surface area contributed by atoms with Crippen LogP contribution < -0.4 is 14.9 Å². The van der Waals surface area contributed by atoms with Crippen LogP contribution in [-0.4, -0.2) is 30.4 Å². The molecule has 0 N–H and O–H groups in total. The van der Waals surface area contributed by atoms with Crippen LogP contribution in [0.15, 0.2) is 36.5 Å². The van der Waals surface area contributed by atoms with Crippen molar-refractivity contribution < 1.29 is 23.2 Å². The summed E-state index contributed by atoms with van der Waals surface area (Å²) in [5.74, 6) is 0.988. The van der Waals surface area contributed by atoms with Crippen LogP contribution in [0, 0.1) is 5.82 Å². The first-order valence-corrected chi connectivity index (χ1v) is 8.05. The zero-order valence-corrected chi connectivity index (χ0v) is 15.0. The number of rotatable bonds is 4. The second-order valence-electron chi connectivity index (χ2n) is 6.91. The highest BCUT2D eigenvalue weighted by atomic mass is 19.1. The first kappa shape index (κ1) is 17.7. The van der Waals surface area contributed by atoms with Gasteiger partial charge in [-0.1, -0.05) is 6.07 Å². The van der Waals surface area contributed by atoms with E-state index in [0.29, 0.717) is 17.4 Å². The van der Waals surface area contributed by atoms with Gasteiger partial charge in [-0.15, -0.1) is 0 Å². The first-order chi connectivity index (χ1) is 11.7. The van der Waals surface area contributed by atoms with Gasteiger partial charge in [0.05, 0.1) is 24.5 Å². The zero-order valence-electron chi connectivity index (χ0n) is 15.0. The standard InChI is InChI=1S/C18H21BFNO4/c1-17(2)18(3,4)25-19(24-17)14-8-7-13(10-15(14)22-5)23-16-9-6-12(20)11-21-16/h6-11H,1-5H3. The molecule has 2 aromatic rings. The van der Waals surface area contributed by atoms with Gasteiger partial charge in [-0.3, -0.25) is 0 Å². The third-order valence-electron chi connectivity index (χ3n) is 4.63. The van der Waals surface area contributed by atoms with Crippen molar-refractivity contribution in [2.24, 2.45) is 0 Å². The van der Waals surface area contributed by atoms with Crippen LogP contribution in [0.2, 0.25) is 0 Å². The van der Waals surface area contributed by atoms with E-state index in [2.05, 4.69) is 4.98 Å². The van der Waals surface area contributed by atoms with E-state index in [-0.39, 0.29) is 0 Å². The van der Waals surface area contributed by atoms with Crippen LogP contribution >= 0.6 is 0 Å². The molecular formula is C18H21BFNO4. The number of methoxy groups -OCH3 is 1. The maximum atomic E-state index is 12.9. The van der Waals surface area contributed by atoms with Gasteiger partial charge in [0, 0.05) is 17.6 Å². The predicted octanol–water partition coefficient (Wildman–Crippen LogP) is 3.32. The number of nitrogens with zero attached hydrogens (tertiary/aromatic N) is 1. The lowest BCUT2D eigenvalue weighted by molar-refractivity contribution is 0.00578. The molecule has 1 aromatic carbocycles. The summed E-state index contributed by atoms with van der Waals surface area (Å²) in [5, 5.41) is 0. The summed E-state index contributed by atoms with van der Waals surface area (Å²) in [6, 6.07) is 8.08. The predicted molar refractivity (Wildman–Crippen MR) is 93.0 cm³/mol. The Hall–Kier alpha value is -2.12. The van der Waals surface area contributed by atoms with E-state index in [9.17, 15) is 4.39 Å². The van der Waals surface area contributed by atoms with Gasteiger partial charge < -0.3 is 18.8 Å². The normalized spacial score (nSPS) is 18.2. The van der Waals surface area contributed by atoms with Crippen LogP contribution in [0.3, 0.4) is 0 Å². The van der Waals surface area contributed by atoms with Gasteiger partial charge in [-0.05, 0) is 39.8 Å². The van der Waals surface area contributed by atoms with Crippen molar-refractivity contribution in [2.75, 3.05) is 7.11 Å². The minimum atomic E-state index is -0.530. The zero-order chi connectivity index (χ0) is 18.2. The van der Waals surface area contributed by atoms with Crippen LogP contribution in [-0.2, 0) is 9.31 Å². The summed E-state index contributed by atoms with van der Waals surface area (Å²) in [5.41, 5.74) is -0.0910. The molecule has 7 heteroatoms. The van der Waals surface area contributed by atoms with Crippen molar-refractivity contribution in [3.05, 3.63) is 42.3 Å². The van der Waals surface area contributed by atoms with E-state index < -0.39 is 24.1 Å². The summed E-state index contributed by atoms with van der Waals surface area (Å²) < 4.78 is 36.2. The fraction of sp³-hybridized carbons (Fsp3) is 0.389. The maximum absolute atomic E-state index is 12.9. The van der Waals surface area contributed by atoms with Crippen LogP contribution in [0.4, 0.5) is 4.39 Å². The molecule has 5 nitrogen and oxygen atoms in total. The molecule has 132 valence electrons. The summed E-state index contributed by atoms with van der Waals surface area (Å²) in [7, 11) is 1.04. The van der Waals surface area contributed by atoms with E-state index in [1.807, 2.05) is 33.8 Å². The third-order valence-corrected chi connectivity index (χ3v) is 4.63. The smallest absolute Gasteiger partial charge is 0.497 e. The Morgan fingerprint density at radius 1 is 1.04 bits per heavy atom. The molecule has 0 aliphatic carbocycles. The number of hydrogen-bond donors (Lipinski definition) is 0. The lowest BCUT2D eigenvalue weighted by atomic mass is 9.78. The average molecular weight is 345 g/mol. The molecular weight excluding hydrogens is 324 g/mol. The molecule has 0 saturated carbocycles. The second-order valence-corrected chi connectivity index (χ2v) is 6.91. The summed E-state index contributed by atoms with van der Waals surface area (Å²) in [6.07, 6.45) is 1.10. The van der Waals surface area contributed by atoms with Gasteiger partial charge in [-0.25, -0.2) is 9.37 Å². The Labute approximate surface area is 147 Å². The van der Waals surface area contributed by atoms with Gasteiger partial charge in [0.1, 0.15) is 17.3 Å². The lowest BCUT2D eigenvalue weighted by Crippen LogP contribution is -2.41. The number of benzene rings is 1. The van der Waals surface area contributed by atoms with E-state index in [1.165, 1.54) is 12.1 Å². The molecule has 1 saturated heterocycles. The molecule has 0 radical (unpaired) electrons. The van der Waals surface area contributed by atoms with E-state index in [4.69, 9.17) is 18.8 Å². The van der Waals surface area contributed by atoms with Gasteiger partial charge >= 0.3 is 7.12 Å². The van der Waals surface area contributed by atoms with Gasteiger partial charge in [0.2, 0.25) is 5.88 Å². The molecule has 0 spiro atoms. The molecule has 1 aliphatic rings. The van der Waals surface area contributed by atoms with Gasteiger partial charge in [-0.2, -0.15) is 0 Å². The molecule has 2 heterocycles. The van der Waals surface area contributed by atoms with Crippen LogP contribution in [0.5, 0.6) is 17.4 Å². The topological polar surface area (TPSA) is 49.8 Å². The van der Waals surface area contributed by atoms with E-state index in [1.54, 1.807) is 19.2 Å². The SMILES string of the molecule is COc1cc(Oc2ccc(F)cn2)ccc1B1OC(C)(C)C(C)(C)O1. The maximum Gasteiger partial charge on any atom is 0.498 e. The fourth-order valence-electron chi connectivity index (χ4n) is 2.46. The van der Waals surface area contributed by atoms with Crippen LogP contribution in [0.25, 0.3) is 0 Å². The Bertz CT molecular complexity index is 748. The minimum absolute atomic E-state index is 0.298. The van der Waals surface area contributed by atoms with Crippen molar-refractivity contribution in [2.45, 2.75) is 38.9 Å². The largest absolute Gasteiger partial charge is 0.498 e. The van der Waals surface area contributed by atoms with Crippen molar-refractivity contribution >= 4 is 12.6 Å². The molecule has 0 bridgehead atoms. The highest BCUT2D eigenvalue weighted by molar-refractivity contribution is 6.63. The highest BCUT2D eigenvalue weighted by Crippen LogP contribution is 2.37. The molecule has 0 amide bonds. The molecule has 1 aromatic heterocycles.